The Hall–Kier alpha value is -0.170. The summed E-state index contributed by atoms with van der Waals surface area (Å²) in [6.07, 6.45) is 3.41. The van der Waals surface area contributed by atoms with Gasteiger partial charge in [0.15, 0.2) is 0 Å². The van der Waals surface area contributed by atoms with Crippen molar-refractivity contribution >= 4 is 10.0 Å². The lowest BCUT2D eigenvalue weighted by atomic mass is 10.2. The van der Waals surface area contributed by atoms with Gasteiger partial charge in [-0.15, -0.1) is 0 Å². The van der Waals surface area contributed by atoms with E-state index in [1.165, 1.54) is 0 Å². The van der Waals surface area contributed by atoms with Gasteiger partial charge < -0.3 is 10.1 Å². The van der Waals surface area contributed by atoms with E-state index in [0.29, 0.717) is 19.1 Å². The Morgan fingerprint density at radius 2 is 2.20 bits per heavy atom. The minimum absolute atomic E-state index is 0.0436. The first-order chi connectivity index (χ1) is 6.97. The van der Waals surface area contributed by atoms with Crippen molar-refractivity contribution in [2.45, 2.75) is 38.4 Å². The molecule has 1 aliphatic heterocycles. The Labute approximate surface area is 91.4 Å². The maximum atomic E-state index is 10.6. The molecule has 6 heteroatoms. The monoisotopic (exact) mass is 236 g/mol. The molecule has 5 nitrogen and oxygen atoms in total. The highest BCUT2D eigenvalue weighted by Crippen LogP contribution is 2.17. The lowest BCUT2D eigenvalue weighted by Crippen LogP contribution is -2.29. The van der Waals surface area contributed by atoms with Crippen LogP contribution in [0, 0.1) is 0 Å². The third-order valence-corrected chi connectivity index (χ3v) is 3.33. The molecule has 0 radical (unpaired) electrons. The minimum Gasteiger partial charge on any atom is -0.374 e. The first kappa shape index (κ1) is 12.9. The zero-order valence-corrected chi connectivity index (χ0v) is 9.92. The van der Waals surface area contributed by atoms with Crippen molar-refractivity contribution in [1.29, 1.82) is 0 Å². The van der Waals surface area contributed by atoms with Gasteiger partial charge in [0, 0.05) is 6.54 Å². The highest BCUT2D eigenvalue weighted by molar-refractivity contribution is 7.89. The van der Waals surface area contributed by atoms with Crippen LogP contribution in [0.15, 0.2) is 0 Å². The number of nitrogens with one attached hydrogen (secondary N) is 1. The Balaban J connectivity index is 1.98. The molecule has 1 fully saturated rings. The second-order valence-corrected chi connectivity index (χ2v) is 5.80. The van der Waals surface area contributed by atoms with Crippen molar-refractivity contribution < 1.29 is 13.2 Å². The van der Waals surface area contributed by atoms with E-state index in [0.717, 1.165) is 19.4 Å². The van der Waals surface area contributed by atoms with Crippen LogP contribution in [0.25, 0.3) is 0 Å². The molecule has 1 aliphatic rings. The number of ether oxygens (including phenoxy) is 1. The Kier molecular flexibility index (Phi) is 4.98. The van der Waals surface area contributed by atoms with Gasteiger partial charge in [0.25, 0.3) is 0 Å². The van der Waals surface area contributed by atoms with Crippen molar-refractivity contribution in [3.05, 3.63) is 0 Å². The van der Waals surface area contributed by atoms with Crippen molar-refractivity contribution in [3.63, 3.8) is 0 Å². The Morgan fingerprint density at radius 1 is 1.47 bits per heavy atom. The third kappa shape index (κ3) is 6.09. The van der Waals surface area contributed by atoms with Crippen LogP contribution >= 0.6 is 0 Å². The van der Waals surface area contributed by atoms with Gasteiger partial charge in [-0.2, -0.15) is 0 Å². The molecular formula is C9H20N2O3S. The molecule has 0 bridgehead atoms. The molecule has 1 heterocycles. The van der Waals surface area contributed by atoms with Crippen LogP contribution < -0.4 is 10.5 Å². The van der Waals surface area contributed by atoms with Crippen molar-refractivity contribution in [1.82, 2.24) is 5.32 Å². The van der Waals surface area contributed by atoms with E-state index in [-0.39, 0.29) is 11.9 Å². The van der Waals surface area contributed by atoms with Crippen LogP contribution in [0.1, 0.15) is 26.2 Å². The maximum Gasteiger partial charge on any atom is 0.209 e. The van der Waals surface area contributed by atoms with Gasteiger partial charge in [-0.25, -0.2) is 13.6 Å². The molecule has 0 saturated carbocycles. The van der Waals surface area contributed by atoms with Crippen LogP contribution in [0.3, 0.4) is 0 Å². The molecule has 2 atom stereocenters. The normalized spacial score (nSPS) is 27.1. The minimum atomic E-state index is -3.30. The van der Waals surface area contributed by atoms with Crippen molar-refractivity contribution in [3.8, 4) is 0 Å². The summed E-state index contributed by atoms with van der Waals surface area (Å²) in [6, 6.07) is 0. The standard InChI is InChI=1S/C9H20N2O3S/c1-8-3-4-9(14-8)7-11-5-2-6-15(10,12)13/h8-9,11H,2-7H2,1H3,(H2,10,12,13). The molecule has 0 aromatic carbocycles. The van der Waals surface area contributed by atoms with Gasteiger partial charge in [-0.1, -0.05) is 0 Å². The number of hydrogen-bond donors (Lipinski definition) is 2. The topological polar surface area (TPSA) is 81.4 Å². The number of primary sulfonamides is 1. The van der Waals surface area contributed by atoms with Gasteiger partial charge in [-0.3, -0.25) is 0 Å². The van der Waals surface area contributed by atoms with E-state index in [9.17, 15) is 8.42 Å². The van der Waals surface area contributed by atoms with Gasteiger partial charge in [0.2, 0.25) is 10.0 Å². The summed E-state index contributed by atoms with van der Waals surface area (Å²) in [5.41, 5.74) is 0. The quantitative estimate of drug-likeness (QED) is 0.627. The summed E-state index contributed by atoms with van der Waals surface area (Å²) < 4.78 is 26.8. The van der Waals surface area contributed by atoms with E-state index in [1.807, 2.05) is 0 Å². The molecule has 0 amide bonds. The van der Waals surface area contributed by atoms with Gasteiger partial charge >= 0.3 is 0 Å². The van der Waals surface area contributed by atoms with Crippen LogP contribution in [-0.2, 0) is 14.8 Å². The first-order valence-electron chi connectivity index (χ1n) is 5.34. The number of nitrogens with two attached hydrogens (primary N) is 1. The largest absolute Gasteiger partial charge is 0.374 e. The fourth-order valence-electron chi connectivity index (χ4n) is 1.70. The van der Waals surface area contributed by atoms with Crippen molar-refractivity contribution in [2.24, 2.45) is 5.14 Å². The average Bonchev–Trinajstić information content (AvgIpc) is 2.49. The van der Waals surface area contributed by atoms with E-state index in [2.05, 4.69) is 12.2 Å². The summed E-state index contributed by atoms with van der Waals surface area (Å²) in [7, 11) is -3.30. The zero-order valence-electron chi connectivity index (χ0n) is 9.11. The third-order valence-electron chi connectivity index (χ3n) is 2.47. The molecule has 0 aromatic rings. The summed E-state index contributed by atoms with van der Waals surface area (Å²) in [6.45, 7) is 3.54. The molecule has 90 valence electrons. The fraction of sp³-hybridized carbons (Fsp3) is 1.00. The van der Waals surface area contributed by atoms with Crippen LogP contribution in [-0.4, -0.2) is 39.5 Å². The molecule has 1 rings (SSSR count). The first-order valence-corrected chi connectivity index (χ1v) is 7.05. The Morgan fingerprint density at radius 3 is 2.73 bits per heavy atom. The predicted octanol–water partition coefficient (Wildman–Crippen LogP) is -0.178. The smallest absolute Gasteiger partial charge is 0.209 e. The van der Waals surface area contributed by atoms with E-state index in [4.69, 9.17) is 9.88 Å². The van der Waals surface area contributed by atoms with E-state index >= 15 is 0 Å². The van der Waals surface area contributed by atoms with E-state index in [1.54, 1.807) is 0 Å². The van der Waals surface area contributed by atoms with Gasteiger partial charge in [0.1, 0.15) is 0 Å². The lowest BCUT2D eigenvalue weighted by Gasteiger charge is -2.11. The Bertz CT molecular complexity index is 279. The number of sulfonamides is 1. The summed E-state index contributed by atoms with van der Waals surface area (Å²) in [4.78, 5) is 0. The van der Waals surface area contributed by atoms with E-state index < -0.39 is 10.0 Å². The number of rotatable bonds is 6. The molecule has 1 saturated heterocycles. The fourth-order valence-corrected chi connectivity index (χ4v) is 2.24. The SMILES string of the molecule is CC1CCC(CNCCCS(N)(=O)=O)O1. The van der Waals surface area contributed by atoms with Crippen molar-refractivity contribution in [2.75, 3.05) is 18.8 Å². The molecule has 3 N–H and O–H groups in total. The van der Waals surface area contributed by atoms with Gasteiger partial charge in [-0.05, 0) is 32.7 Å². The molecule has 0 aromatic heterocycles. The maximum absolute atomic E-state index is 10.6. The second-order valence-electron chi connectivity index (χ2n) is 4.07. The lowest BCUT2D eigenvalue weighted by molar-refractivity contribution is 0.0562. The molecule has 15 heavy (non-hydrogen) atoms. The van der Waals surface area contributed by atoms with Crippen LogP contribution in [0.4, 0.5) is 0 Å². The highest BCUT2D eigenvalue weighted by atomic mass is 32.2. The zero-order chi connectivity index (χ0) is 11.3. The molecule has 0 aliphatic carbocycles. The molecule has 2 unspecified atom stereocenters. The average molecular weight is 236 g/mol. The second kappa shape index (κ2) is 5.79. The summed E-state index contributed by atoms with van der Waals surface area (Å²) >= 11 is 0. The van der Waals surface area contributed by atoms with Crippen LogP contribution in [0.5, 0.6) is 0 Å². The molecular weight excluding hydrogens is 216 g/mol. The summed E-state index contributed by atoms with van der Waals surface area (Å²) in [5.74, 6) is 0.0436. The van der Waals surface area contributed by atoms with Gasteiger partial charge in [0.05, 0.1) is 18.0 Å². The number of hydrogen-bond acceptors (Lipinski definition) is 4. The predicted molar refractivity (Wildman–Crippen MR) is 59.0 cm³/mol. The van der Waals surface area contributed by atoms with Crippen LogP contribution in [0.2, 0.25) is 0 Å². The highest BCUT2D eigenvalue weighted by Gasteiger charge is 2.20. The molecule has 0 spiro atoms. The summed E-state index contributed by atoms with van der Waals surface area (Å²) in [5, 5.41) is 8.05.